The molecule has 124 valence electrons. The first-order valence-electron chi connectivity index (χ1n) is 7.91. The average molecular weight is 317 g/mol. The van der Waals surface area contributed by atoms with Crippen LogP contribution in [-0.4, -0.2) is 42.8 Å². The van der Waals surface area contributed by atoms with Crippen molar-refractivity contribution in [1.82, 2.24) is 10.2 Å². The van der Waals surface area contributed by atoms with Crippen LogP contribution in [0.15, 0.2) is 18.2 Å². The van der Waals surface area contributed by atoms with Crippen molar-refractivity contribution in [2.75, 3.05) is 25.5 Å². The molecule has 6 heteroatoms. The van der Waals surface area contributed by atoms with E-state index in [0.29, 0.717) is 24.2 Å². The Kier molecular flexibility index (Phi) is 5.73. The molecule has 0 aliphatic carbocycles. The zero-order valence-electron chi connectivity index (χ0n) is 13.6. The minimum absolute atomic E-state index is 0.126. The summed E-state index contributed by atoms with van der Waals surface area (Å²) in [5, 5.41) is 5.41. The molecule has 0 saturated carbocycles. The van der Waals surface area contributed by atoms with Gasteiger partial charge in [0.1, 0.15) is 0 Å². The van der Waals surface area contributed by atoms with Gasteiger partial charge >= 0.3 is 0 Å². The lowest BCUT2D eigenvalue weighted by Gasteiger charge is -2.26. The molecule has 1 aromatic rings. The summed E-state index contributed by atoms with van der Waals surface area (Å²) in [6.45, 7) is 3.04. The Morgan fingerprint density at radius 1 is 1.26 bits per heavy atom. The van der Waals surface area contributed by atoms with E-state index in [1.165, 1.54) is 0 Å². The molecule has 1 saturated heterocycles. The number of nitrogens with zero attached hydrogens (tertiary/aromatic N) is 1. The Bertz CT molecular complexity index is 613. The van der Waals surface area contributed by atoms with E-state index in [1.807, 2.05) is 6.92 Å². The van der Waals surface area contributed by atoms with Gasteiger partial charge in [-0.25, -0.2) is 0 Å². The molecule has 23 heavy (non-hydrogen) atoms. The molecule has 0 radical (unpaired) electrons. The van der Waals surface area contributed by atoms with Crippen molar-refractivity contribution in [3.63, 3.8) is 0 Å². The molecule has 1 aliphatic rings. The molecule has 1 aromatic carbocycles. The van der Waals surface area contributed by atoms with Gasteiger partial charge in [-0.05, 0) is 43.5 Å². The summed E-state index contributed by atoms with van der Waals surface area (Å²) in [6, 6.07) is 5.14. The molecule has 6 nitrogen and oxygen atoms in total. The normalized spacial score (nSPS) is 14.5. The summed E-state index contributed by atoms with van der Waals surface area (Å²) in [5.74, 6) is -0.149. The number of benzene rings is 1. The second-order valence-corrected chi connectivity index (χ2v) is 5.74. The number of carbonyl (C=O) groups is 3. The van der Waals surface area contributed by atoms with Gasteiger partial charge in [-0.1, -0.05) is 0 Å². The van der Waals surface area contributed by atoms with Crippen molar-refractivity contribution in [3.05, 3.63) is 29.3 Å². The standard InChI is InChI=1S/C17H23N3O3/c1-12-11-13(17(23)18-2)6-7-14(12)19-15(21)8-10-20-9-4-3-5-16(20)22/h6-7,11H,3-5,8-10H2,1-2H3,(H,18,23)(H,19,21). The third kappa shape index (κ3) is 4.55. The molecule has 0 atom stereocenters. The molecule has 1 heterocycles. The van der Waals surface area contributed by atoms with Gasteiger partial charge in [-0.2, -0.15) is 0 Å². The topological polar surface area (TPSA) is 78.5 Å². The summed E-state index contributed by atoms with van der Waals surface area (Å²) >= 11 is 0. The van der Waals surface area contributed by atoms with Crippen molar-refractivity contribution >= 4 is 23.4 Å². The zero-order chi connectivity index (χ0) is 16.8. The Balaban J connectivity index is 1.90. The monoisotopic (exact) mass is 317 g/mol. The first-order chi connectivity index (χ1) is 11.0. The minimum Gasteiger partial charge on any atom is -0.355 e. The molecule has 1 fully saturated rings. The lowest BCUT2D eigenvalue weighted by Crippen LogP contribution is -2.37. The second-order valence-electron chi connectivity index (χ2n) is 5.74. The fourth-order valence-electron chi connectivity index (χ4n) is 2.64. The van der Waals surface area contributed by atoms with Crippen LogP contribution < -0.4 is 10.6 Å². The number of aryl methyl sites for hydroxylation is 1. The van der Waals surface area contributed by atoms with Gasteiger partial charge in [-0.15, -0.1) is 0 Å². The van der Waals surface area contributed by atoms with Crippen LogP contribution in [0, 0.1) is 6.92 Å². The SMILES string of the molecule is CNC(=O)c1ccc(NC(=O)CCN2CCCCC2=O)c(C)c1. The van der Waals surface area contributed by atoms with E-state index >= 15 is 0 Å². The highest BCUT2D eigenvalue weighted by Crippen LogP contribution is 2.17. The fraction of sp³-hybridized carbons (Fsp3) is 0.471. The maximum atomic E-state index is 12.1. The Labute approximate surface area is 136 Å². The summed E-state index contributed by atoms with van der Waals surface area (Å²) in [5.41, 5.74) is 2.07. The highest BCUT2D eigenvalue weighted by atomic mass is 16.2. The summed E-state index contributed by atoms with van der Waals surface area (Å²) in [6.07, 6.45) is 2.82. The van der Waals surface area contributed by atoms with Gasteiger partial charge < -0.3 is 15.5 Å². The molecule has 0 spiro atoms. The minimum atomic E-state index is -0.158. The van der Waals surface area contributed by atoms with Crippen LogP contribution in [0.2, 0.25) is 0 Å². The van der Waals surface area contributed by atoms with Gasteiger partial charge in [0.15, 0.2) is 0 Å². The van der Waals surface area contributed by atoms with E-state index in [0.717, 1.165) is 24.9 Å². The number of piperidine rings is 1. The van der Waals surface area contributed by atoms with Crippen LogP contribution in [0.5, 0.6) is 0 Å². The zero-order valence-corrected chi connectivity index (χ0v) is 13.6. The molecule has 2 N–H and O–H groups in total. The van der Waals surface area contributed by atoms with Crippen LogP contribution in [-0.2, 0) is 9.59 Å². The van der Waals surface area contributed by atoms with Gasteiger partial charge in [0, 0.05) is 44.2 Å². The van der Waals surface area contributed by atoms with Crippen LogP contribution in [0.1, 0.15) is 41.6 Å². The quantitative estimate of drug-likeness (QED) is 0.867. The van der Waals surface area contributed by atoms with Crippen molar-refractivity contribution in [1.29, 1.82) is 0 Å². The smallest absolute Gasteiger partial charge is 0.251 e. The largest absolute Gasteiger partial charge is 0.355 e. The molecular formula is C17H23N3O3. The van der Waals surface area contributed by atoms with Crippen LogP contribution >= 0.6 is 0 Å². The number of rotatable bonds is 5. The van der Waals surface area contributed by atoms with Gasteiger partial charge in [0.2, 0.25) is 11.8 Å². The van der Waals surface area contributed by atoms with E-state index in [4.69, 9.17) is 0 Å². The molecular weight excluding hydrogens is 294 g/mol. The Morgan fingerprint density at radius 3 is 2.70 bits per heavy atom. The fourth-order valence-corrected chi connectivity index (χ4v) is 2.64. The molecule has 0 aromatic heterocycles. The third-order valence-electron chi connectivity index (χ3n) is 4.02. The number of hydrogen-bond donors (Lipinski definition) is 2. The van der Waals surface area contributed by atoms with E-state index in [2.05, 4.69) is 10.6 Å². The molecule has 0 unspecified atom stereocenters. The van der Waals surface area contributed by atoms with Crippen LogP contribution in [0.4, 0.5) is 5.69 Å². The molecule has 2 rings (SSSR count). The molecule has 3 amide bonds. The van der Waals surface area contributed by atoms with E-state index < -0.39 is 0 Å². The molecule has 0 bridgehead atoms. The Hall–Kier alpha value is -2.37. The van der Waals surface area contributed by atoms with Crippen molar-refractivity contribution in [3.8, 4) is 0 Å². The number of nitrogens with one attached hydrogen (secondary N) is 2. The number of amides is 3. The number of likely N-dealkylation sites (tertiary alicyclic amines) is 1. The van der Waals surface area contributed by atoms with E-state index in [1.54, 1.807) is 30.1 Å². The summed E-state index contributed by atoms with van der Waals surface area (Å²) in [7, 11) is 1.58. The Morgan fingerprint density at radius 2 is 2.04 bits per heavy atom. The lowest BCUT2D eigenvalue weighted by molar-refractivity contribution is -0.133. The van der Waals surface area contributed by atoms with Gasteiger partial charge in [-0.3, -0.25) is 14.4 Å². The first-order valence-corrected chi connectivity index (χ1v) is 7.91. The second kappa shape index (κ2) is 7.76. The number of hydrogen-bond acceptors (Lipinski definition) is 3. The predicted octanol–water partition coefficient (Wildman–Crippen LogP) is 1.70. The maximum absolute atomic E-state index is 12.1. The summed E-state index contributed by atoms with van der Waals surface area (Å²) < 4.78 is 0. The average Bonchev–Trinajstić information content (AvgIpc) is 2.55. The third-order valence-corrected chi connectivity index (χ3v) is 4.02. The van der Waals surface area contributed by atoms with Crippen molar-refractivity contribution in [2.45, 2.75) is 32.6 Å². The highest BCUT2D eigenvalue weighted by molar-refractivity contribution is 5.96. The van der Waals surface area contributed by atoms with Crippen molar-refractivity contribution < 1.29 is 14.4 Å². The van der Waals surface area contributed by atoms with Gasteiger partial charge in [0.05, 0.1) is 0 Å². The van der Waals surface area contributed by atoms with Crippen molar-refractivity contribution in [2.24, 2.45) is 0 Å². The van der Waals surface area contributed by atoms with Crippen LogP contribution in [0.3, 0.4) is 0 Å². The maximum Gasteiger partial charge on any atom is 0.251 e. The lowest BCUT2D eigenvalue weighted by atomic mass is 10.1. The van der Waals surface area contributed by atoms with Gasteiger partial charge in [0.25, 0.3) is 5.91 Å². The summed E-state index contributed by atoms with van der Waals surface area (Å²) in [4.78, 5) is 37.1. The van der Waals surface area contributed by atoms with Crippen LogP contribution in [0.25, 0.3) is 0 Å². The van der Waals surface area contributed by atoms with E-state index in [9.17, 15) is 14.4 Å². The highest BCUT2D eigenvalue weighted by Gasteiger charge is 2.18. The first kappa shape index (κ1) is 17.0. The number of carbonyl (C=O) groups excluding carboxylic acids is 3. The molecule has 1 aliphatic heterocycles. The predicted molar refractivity (Wildman–Crippen MR) is 88.2 cm³/mol. The number of anilines is 1. The van der Waals surface area contributed by atoms with E-state index in [-0.39, 0.29) is 24.1 Å².